The number of anilines is 1. The van der Waals surface area contributed by atoms with E-state index in [9.17, 15) is 4.79 Å². The topological polar surface area (TPSA) is 68.8 Å². The first-order chi connectivity index (χ1) is 12.2. The summed E-state index contributed by atoms with van der Waals surface area (Å²) in [6, 6.07) is 13.6. The van der Waals surface area contributed by atoms with Crippen LogP contribution in [0.2, 0.25) is 0 Å². The molecule has 0 bridgehead atoms. The number of benzene rings is 2. The minimum Gasteiger partial charge on any atom is -0.454 e. The predicted octanol–water partition coefficient (Wildman–Crippen LogP) is 3.59. The lowest BCUT2D eigenvalue weighted by Crippen LogP contribution is -2.36. The molecule has 0 aromatic heterocycles. The molecule has 2 aliphatic rings. The highest BCUT2D eigenvalue weighted by Crippen LogP contribution is 2.42. The molecule has 0 saturated heterocycles. The van der Waals surface area contributed by atoms with Gasteiger partial charge < -0.3 is 24.8 Å². The Balaban J connectivity index is 1.46. The van der Waals surface area contributed by atoms with E-state index in [4.69, 9.17) is 14.2 Å². The van der Waals surface area contributed by atoms with Crippen molar-refractivity contribution in [3.63, 3.8) is 0 Å². The van der Waals surface area contributed by atoms with Crippen LogP contribution in [0.5, 0.6) is 11.5 Å². The summed E-state index contributed by atoms with van der Waals surface area (Å²) in [7, 11) is 0. The average molecular weight is 340 g/mol. The van der Waals surface area contributed by atoms with E-state index < -0.39 is 6.09 Å². The van der Waals surface area contributed by atoms with E-state index >= 15 is 0 Å². The van der Waals surface area contributed by atoms with Crippen LogP contribution in [0.3, 0.4) is 0 Å². The highest BCUT2D eigenvalue weighted by molar-refractivity contribution is 5.70. The van der Waals surface area contributed by atoms with Crippen LogP contribution in [0, 0.1) is 0 Å². The number of carbonyl (C=O) groups is 1. The van der Waals surface area contributed by atoms with Gasteiger partial charge in [0, 0.05) is 23.4 Å². The third kappa shape index (κ3) is 3.33. The van der Waals surface area contributed by atoms with Crippen LogP contribution in [0.4, 0.5) is 10.5 Å². The Kier molecular flexibility index (Phi) is 4.09. The number of hydrogen-bond donors (Lipinski definition) is 2. The molecule has 0 fully saturated rings. The predicted molar refractivity (Wildman–Crippen MR) is 92.8 cm³/mol. The molecule has 25 heavy (non-hydrogen) atoms. The van der Waals surface area contributed by atoms with Gasteiger partial charge in [-0.25, -0.2) is 4.79 Å². The first-order valence-corrected chi connectivity index (χ1v) is 8.36. The molecule has 2 aliphatic heterocycles. The molecule has 0 spiro atoms. The van der Waals surface area contributed by atoms with E-state index in [1.165, 1.54) is 0 Å². The Hall–Kier alpha value is -2.89. The number of hydrogen-bond acceptors (Lipinski definition) is 5. The number of alkyl carbamates (subject to hydrolysis) is 1. The summed E-state index contributed by atoms with van der Waals surface area (Å²) in [6.07, 6.45) is 0.346. The molecule has 6 heteroatoms. The van der Waals surface area contributed by atoms with Gasteiger partial charge in [0.2, 0.25) is 6.79 Å². The summed E-state index contributed by atoms with van der Waals surface area (Å²) in [5.41, 5.74) is 2.90. The number of rotatable bonds is 3. The van der Waals surface area contributed by atoms with Crippen molar-refractivity contribution in [2.75, 3.05) is 12.1 Å². The number of ether oxygens (including phenoxy) is 3. The largest absolute Gasteiger partial charge is 0.454 e. The molecule has 2 N–H and O–H groups in total. The number of carbonyl (C=O) groups excluding carboxylic acids is 1. The Bertz CT molecular complexity index is 778. The van der Waals surface area contributed by atoms with Crippen LogP contribution in [-0.2, 0) is 11.3 Å². The summed E-state index contributed by atoms with van der Waals surface area (Å²) in [6.45, 7) is 2.56. The van der Waals surface area contributed by atoms with E-state index in [2.05, 4.69) is 17.6 Å². The molecule has 2 aromatic carbocycles. The van der Waals surface area contributed by atoms with E-state index in [1.54, 1.807) is 0 Å². The average Bonchev–Trinajstić information content (AvgIpc) is 3.06. The molecule has 130 valence electrons. The lowest BCUT2D eigenvalue weighted by Gasteiger charge is -2.31. The van der Waals surface area contributed by atoms with E-state index in [-0.39, 0.29) is 25.5 Å². The fraction of sp³-hybridized carbons (Fsp3) is 0.316. The van der Waals surface area contributed by atoms with Crippen LogP contribution < -0.4 is 20.1 Å². The first kappa shape index (κ1) is 15.6. The number of nitrogens with one attached hydrogen (secondary N) is 2. The Morgan fingerprint density at radius 3 is 2.80 bits per heavy atom. The summed E-state index contributed by atoms with van der Waals surface area (Å²) in [5.74, 6) is 1.44. The molecule has 2 unspecified atom stereocenters. The number of fused-ring (bicyclic) bond motifs is 2. The van der Waals surface area contributed by atoms with Crippen molar-refractivity contribution < 1.29 is 19.0 Å². The lowest BCUT2D eigenvalue weighted by molar-refractivity contribution is 0.134. The summed E-state index contributed by atoms with van der Waals surface area (Å²) in [4.78, 5) is 12.2. The molecular weight excluding hydrogens is 320 g/mol. The van der Waals surface area contributed by atoms with Gasteiger partial charge in [0.05, 0.1) is 6.04 Å². The second-order valence-corrected chi connectivity index (χ2v) is 6.33. The van der Waals surface area contributed by atoms with E-state index in [1.807, 2.05) is 42.5 Å². The van der Waals surface area contributed by atoms with Gasteiger partial charge >= 0.3 is 6.09 Å². The Labute approximate surface area is 146 Å². The van der Waals surface area contributed by atoms with Crippen molar-refractivity contribution in [1.29, 1.82) is 0 Å². The van der Waals surface area contributed by atoms with Crippen molar-refractivity contribution in [3.8, 4) is 11.5 Å². The third-order valence-electron chi connectivity index (χ3n) is 4.42. The Morgan fingerprint density at radius 2 is 2.00 bits per heavy atom. The van der Waals surface area contributed by atoms with E-state index in [0.717, 1.165) is 29.0 Å². The normalized spacial score (nSPS) is 20.4. The second-order valence-electron chi connectivity index (χ2n) is 6.33. The van der Waals surface area contributed by atoms with Gasteiger partial charge in [-0.2, -0.15) is 0 Å². The van der Waals surface area contributed by atoms with Gasteiger partial charge in [0.1, 0.15) is 6.61 Å². The highest BCUT2D eigenvalue weighted by atomic mass is 16.7. The van der Waals surface area contributed by atoms with Crippen LogP contribution in [0.25, 0.3) is 0 Å². The standard InChI is InChI=1S/C19H20N2O4/c1-12-7-15(21-19(22)23-10-13-5-3-2-4-6-13)14-8-17-18(25-11-24-17)9-16(14)20-12/h2-6,8-9,12,15,20H,7,10-11H2,1H3,(H,21,22). The van der Waals surface area contributed by atoms with E-state index in [0.29, 0.717) is 5.75 Å². The molecule has 1 amide bonds. The monoisotopic (exact) mass is 340 g/mol. The zero-order valence-electron chi connectivity index (χ0n) is 14.0. The molecular formula is C19H20N2O4. The first-order valence-electron chi connectivity index (χ1n) is 8.36. The van der Waals surface area contributed by atoms with Crippen LogP contribution in [-0.4, -0.2) is 18.9 Å². The highest BCUT2D eigenvalue weighted by Gasteiger charge is 2.29. The summed E-state index contributed by atoms with van der Waals surface area (Å²) >= 11 is 0. The van der Waals surface area contributed by atoms with Crippen molar-refractivity contribution in [3.05, 3.63) is 53.6 Å². The molecule has 6 nitrogen and oxygen atoms in total. The van der Waals surface area contributed by atoms with Crippen molar-refractivity contribution in [2.24, 2.45) is 0 Å². The van der Waals surface area contributed by atoms with Crippen molar-refractivity contribution in [1.82, 2.24) is 5.32 Å². The second kappa shape index (κ2) is 6.55. The maximum atomic E-state index is 12.2. The zero-order chi connectivity index (χ0) is 17.2. The molecule has 2 aromatic rings. The molecule has 0 aliphatic carbocycles. The Morgan fingerprint density at radius 1 is 1.24 bits per heavy atom. The summed E-state index contributed by atoms with van der Waals surface area (Å²) in [5, 5.41) is 6.39. The lowest BCUT2D eigenvalue weighted by atomic mass is 9.93. The SMILES string of the molecule is CC1CC(NC(=O)OCc2ccccc2)c2cc3c(cc2N1)OCO3. The zero-order valence-corrected chi connectivity index (χ0v) is 14.0. The van der Waals surface area contributed by atoms with Crippen LogP contribution >= 0.6 is 0 Å². The van der Waals surface area contributed by atoms with Crippen molar-refractivity contribution in [2.45, 2.75) is 32.0 Å². The third-order valence-corrected chi connectivity index (χ3v) is 4.42. The molecule has 0 saturated carbocycles. The van der Waals surface area contributed by atoms with Gasteiger partial charge in [-0.15, -0.1) is 0 Å². The van der Waals surface area contributed by atoms with Crippen molar-refractivity contribution >= 4 is 11.8 Å². The van der Waals surface area contributed by atoms with Gasteiger partial charge in [0.15, 0.2) is 11.5 Å². The van der Waals surface area contributed by atoms with Gasteiger partial charge in [-0.05, 0) is 25.0 Å². The minimum absolute atomic E-state index is 0.135. The molecule has 2 heterocycles. The fourth-order valence-corrected chi connectivity index (χ4v) is 3.22. The molecule has 0 radical (unpaired) electrons. The number of amides is 1. The smallest absolute Gasteiger partial charge is 0.407 e. The van der Waals surface area contributed by atoms with Crippen LogP contribution in [0.1, 0.15) is 30.5 Å². The van der Waals surface area contributed by atoms with Gasteiger partial charge in [-0.3, -0.25) is 0 Å². The minimum atomic E-state index is -0.424. The maximum Gasteiger partial charge on any atom is 0.407 e. The van der Waals surface area contributed by atoms with Gasteiger partial charge in [0.25, 0.3) is 0 Å². The summed E-state index contributed by atoms with van der Waals surface area (Å²) < 4.78 is 16.2. The maximum absolute atomic E-state index is 12.2. The van der Waals surface area contributed by atoms with Crippen LogP contribution in [0.15, 0.2) is 42.5 Å². The molecule has 4 rings (SSSR count). The van der Waals surface area contributed by atoms with Gasteiger partial charge in [-0.1, -0.05) is 30.3 Å². The molecule has 2 atom stereocenters. The quantitative estimate of drug-likeness (QED) is 0.894. The fourth-order valence-electron chi connectivity index (χ4n) is 3.22.